The molecule has 0 spiro atoms. The van der Waals surface area contributed by atoms with Gasteiger partial charge in [0.25, 0.3) is 5.91 Å². The van der Waals surface area contributed by atoms with E-state index in [0.29, 0.717) is 18.3 Å². The molecule has 1 aliphatic carbocycles. The van der Waals surface area contributed by atoms with Gasteiger partial charge in [0, 0.05) is 18.5 Å². The van der Waals surface area contributed by atoms with Crippen LogP contribution in [0.2, 0.25) is 0 Å². The van der Waals surface area contributed by atoms with E-state index < -0.39 is 11.9 Å². The van der Waals surface area contributed by atoms with Gasteiger partial charge in [0.05, 0.1) is 12.8 Å². The number of nitrogens with zero attached hydrogens (tertiary/aromatic N) is 4. The van der Waals surface area contributed by atoms with Crippen molar-refractivity contribution in [2.75, 3.05) is 11.9 Å². The molecule has 3 aromatic heterocycles. The minimum absolute atomic E-state index is 0.00795. The van der Waals surface area contributed by atoms with E-state index in [4.69, 9.17) is 9.26 Å². The van der Waals surface area contributed by atoms with E-state index in [1.807, 2.05) is 0 Å². The topological polar surface area (TPSA) is 112 Å². The lowest BCUT2D eigenvalue weighted by Gasteiger charge is -2.11. The molecular weight excluding hydrogens is 338 g/mol. The fourth-order valence-electron chi connectivity index (χ4n) is 2.30. The van der Waals surface area contributed by atoms with Gasteiger partial charge in [0.2, 0.25) is 5.76 Å². The average Bonchev–Trinajstić information content (AvgIpc) is 3.12. The van der Waals surface area contributed by atoms with Crippen LogP contribution in [0, 0.1) is 5.92 Å². The second-order valence-corrected chi connectivity index (χ2v) is 5.89. The van der Waals surface area contributed by atoms with Crippen molar-refractivity contribution in [1.82, 2.24) is 19.9 Å². The number of esters is 1. The average molecular weight is 353 g/mol. The van der Waals surface area contributed by atoms with E-state index >= 15 is 0 Å². The summed E-state index contributed by atoms with van der Waals surface area (Å²) in [6.07, 6.45) is 6.80. The van der Waals surface area contributed by atoms with Crippen molar-refractivity contribution in [3.8, 4) is 5.82 Å². The van der Waals surface area contributed by atoms with Gasteiger partial charge in [0.15, 0.2) is 5.82 Å². The van der Waals surface area contributed by atoms with E-state index in [2.05, 4.69) is 20.6 Å². The Bertz CT molecular complexity index is 917. The van der Waals surface area contributed by atoms with Crippen LogP contribution in [0.5, 0.6) is 0 Å². The highest BCUT2D eigenvalue weighted by molar-refractivity contribution is 6.05. The lowest BCUT2D eigenvalue weighted by Crippen LogP contribution is -2.18. The van der Waals surface area contributed by atoms with Gasteiger partial charge >= 0.3 is 5.97 Å². The first-order valence-electron chi connectivity index (χ1n) is 8.11. The zero-order chi connectivity index (χ0) is 17.9. The molecule has 0 unspecified atom stereocenters. The van der Waals surface area contributed by atoms with Crippen LogP contribution < -0.4 is 5.32 Å². The molecule has 1 aliphatic rings. The van der Waals surface area contributed by atoms with Gasteiger partial charge in [-0.3, -0.25) is 4.79 Å². The Kier molecular flexibility index (Phi) is 4.18. The van der Waals surface area contributed by atoms with Gasteiger partial charge < -0.3 is 14.6 Å². The quantitative estimate of drug-likeness (QED) is 0.675. The number of hydrogen-bond donors (Lipinski definition) is 1. The van der Waals surface area contributed by atoms with Crippen LogP contribution in [0.3, 0.4) is 0 Å². The van der Waals surface area contributed by atoms with Gasteiger partial charge in [-0.1, -0.05) is 5.16 Å². The highest BCUT2D eigenvalue weighted by Crippen LogP contribution is 2.29. The third kappa shape index (κ3) is 3.46. The summed E-state index contributed by atoms with van der Waals surface area (Å²) in [6.45, 7) is 0.370. The van der Waals surface area contributed by atoms with Crippen molar-refractivity contribution in [1.29, 1.82) is 0 Å². The lowest BCUT2D eigenvalue weighted by molar-refractivity contribution is 0.0487. The highest BCUT2D eigenvalue weighted by Gasteiger charge is 2.25. The van der Waals surface area contributed by atoms with Crippen molar-refractivity contribution in [2.24, 2.45) is 5.92 Å². The van der Waals surface area contributed by atoms with E-state index in [1.165, 1.54) is 16.9 Å². The predicted octanol–water partition coefficient (Wildman–Crippen LogP) is 2.07. The number of ether oxygens (including phenoxy) is 1. The molecule has 132 valence electrons. The van der Waals surface area contributed by atoms with Crippen molar-refractivity contribution >= 4 is 17.7 Å². The van der Waals surface area contributed by atoms with Crippen LogP contribution in [0.4, 0.5) is 5.82 Å². The molecule has 0 aliphatic heterocycles. The molecular formula is C17H15N5O4. The van der Waals surface area contributed by atoms with Gasteiger partial charge in [0.1, 0.15) is 11.4 Å². The van der Waals surface area contributed by atoms with E-state index in [1.54, 1.807) is 30.6 Å². The van der Waals surface area contributed by atoms with Gasteiger partial charge in [-0.2, -0.15) is 5.10 Å². The standard InChI is InChI=1S/C17H15N5O4/c23-16(13-6-8-19-26-13)21-15-12(17(24)25-10-11-2-3-11)4-5-14(20-15)22-9-1-7-18-22/h1,4-9,11H,2-3,10H2,(H,20,21,23). The third-order valence-electron chi connectivity index (χ3n) is 3.88. The summed E-state index contributed by atoms with van der Waals surface area (Å²) >= 11 is 0. The molecule has 3 heterocycles. The second kappa shape index (κ2) is 6.79. The van der Waals surface area contributed by atoms with Crippen molar-refractivity contribution < 1.29 is 18.8 Å². The number of nitrogens with one attached hydrogen (secondary N) is 1. The number of aromatic nitrogens is 4. The first-order chi connectivity index (χ1) is 12.7. The molecule has 1 N–H and O–H groups in total. The van der Waals surface area contributed by atoms with E-state index in [0.717, 1.165) is 12.8 Å². The molecule has 9 nitrogen and oxygen atoms in total. The van der Waals surface area contributed by atoms with Crippen LogP contribution in [0.15, 0.2) is 47.4 Å². The first kappa shape index (κ1) is 16.0. The Labute approximate surface area is 148 Å². The SMILES string of the molecule is O=C(Nc1nc(-n2cccn2)ccc1C(=O)OCC1CC1)c1ccno1. The molecule has 0 saturated heterocycles. The van der Waals surface area contributed by atoms with Gasteiger partial charge in [-0.05, 0) is 37.0 Å². The smallest absolute Gasteiger partial charge is 0.341 e. The minimum atomic E-state index is -0.566. The van der Waals surface area contributed by atoms with E-state index in [-0.39, 0.29) is 17.1 Å². The van der Waals surface area contributed by atoms with Crippen molar-refractivity contribution in [2.45, 2.75) is 12.8 Å². The monoisotopic (exact) mass is 353 g/mol. The third-order valence-corrected chi connectivity index (χ3v) is 3.88. The fourth-order valence-corrected chi connectivity index (χ4v) is 2.30. The zero-order valence-corrected chi connectivity index (χ0v) is 13.7. The van der Waals surface area contributed by atoms with Crippen LogP contribution in [0.1, 0.15) is 33.8 Å². The van der Waals surface area contributed by atoms with Crippen LogP contribution in [-0.4, -0.2) is 38.4 Å². The zero-order valence-electron chi connectivity index (χ0n) is 13.7. The molecule has 0 atom stereocenters. The maximum absolute atomic E-state index is 12.4. The van der Waals surface area contributed by atoms with Crippen molar-refractivity contribution in [3.63, 3.8) is 0 Å². The summed E-state index contributed by atoms with van der Waals surface area (Å²) in [4.78, 5) is 29.0. The summed E-state index contributed by atoms with van der Waals surface area (Å²) < 4.78 is 11.7. The number of amides is 1. The van der Waals surface area contributed by atoms with E-state index in [9.17, 15) is 9.59 Å². The summed E-state index contributed by atoms with van der Waals surface area (Å²) in [5.74, 6) is -0.147. The fraction of sp³-hybridized carbons (Fsp3) is 0.235. The number of anilines is 1. The molecule has 9 heteroatoms. The Morgan fingerprint density at radius 1 is 1.27 bits per heavy atom. The maximum Gasteiger partial charge on any atom is 0.341 e. The maximum atomic E-state index is 12.4. The normalized spacial score (nSPS) is 13.4. The Morgan fingerprint density at radius 2 is 2.15 bits per heavy atom. The number of carbonyl (C=O) groups excluding carboxylic acids is 2. The molecule has 4 rings (SSSR count). The minimum Gasteiger partial charge on any atom is -0.462 e. The number of rotatable bonds is 6. The molecule has 1 amide bonds. The molecule has 26 heavy (non-hydrogen) atoms. The number of pyridine rings is 1. The summed E-state index contributed by atoms with van der Waals surface area (Å²) in [5.41, 5.74) is 0.162. The predicted molar refractivity (Wildman–Crippen MR) is 88.8 cm³/mol. The lowest BCUT2D eigenvalue weighted by atomic mass is 10.2. The Morgan fingerprint density at radius 3 is 2.85 bits per heavy atom. The first-order valence-corrected chi connectivity index (χ1v) is 8.11. The summed E-state index contributed by atoms with van der Waals surface area (Å²) in [5, 5.41) is 10.2. The van der Waals surface area contributed by atoms with Gasteiger partial charge in [-0.15, -0.1) is 0 Å². The molecule has 1 saturated carbocycles. The molecule has 0 aromatic carbocycles. The largest absolute Gasteiger partial charge is 0.462 e. The van der Waals surface area contributed by atoms with Crippen LogP contribution in [-0.2, 0) is 4.74 Å². The molecule has 0 bridgehead atoms. The summed E-state index contributed by atoms with van der Waals surface area (Å²) in [7, 11) is 0. The van der Waals surface area contributed by atoms with Crippen molar-refractivity contribution in [3.05, 3.63) is 54.2 Å². The Hall–Kier alpha value is -3.49. The highest BCUT2D eigenvalue weighted by atomic mass is 16.5. The summed E-state index contributed by atoms with van der Waals surface area (Å²) in [6, 6.07) is 6.34. The molecule has 1 fully saturated rings. The number of carbonyl (C=O) groups is 2. The Balaban J connectivity index is 1.62. The molecule has 0 radical (unpaired) electrons. The van der Waals surface area contributed by atoms with Gasteiger partial charge in [-0.25, -0.2) is 14.5 Å². The van der Waals surface area contributed by atoms with Crippen LogP contribution in [0.25, 0.3) is 5.82 Å². The van der Waals surface area contributed by atoms with Crippen LogP contribution >= 0.6 is 0 Å². The molecule has 3 aromatic rings. The second-order valence-electron chi connectivity index (χ2n) is 5.89. The number of hydrogen-bond acceptors (Lipinski definition) is 7.